The van der Waals surface area contributed by atoms with Crippen LogP contribution in [0.25, 0.3) is 0 Å². The summed E-state index contributed by atoms with van der Waals surface area (Å²) in [5, 5.41) is 10.7. The van der Waals surface area contributed by atoms with Crippen molar-refractivity contribution >= 4 is 23.7 Å². The Morgan fingerprint density at radius 1 is 1.14 bits per heavy atom. The Morgan fingerprint density at radius 3 is 2.57 bits per heavy atom. The van der Waals surface area contributed by atoms with E-state index in [9.17, 15) is 14.9 Å². The highest BCUT2D eigenvalue weighted by atomic mass is 32.2. The molecule has 1 heterocycles. The molecule has 0 saturated carbocycles. The lowest BCUT2D eigenvalue weighted by molar-refractivity contribution is -0.384. The zero-order valence-electron chi connectivity index (χ0n) is 11.1. The molecule has 21 heavy (non-hydrogen) atoms. The van der Waals surface area contributed by atoms with E-state index in [1.54, 1.807) is 23.9 Å². The minimum absolute atomic E-state index is 0.00991. The van der Waals surface area contributed by atoms with E-state index in [-0.39, 0.29) is 22.8 Å². The molecule has 1 saturated heterocycles. The molecule has 1 aromatic carbocycles. The summed E-state index contributed by atoms with van der Waals surface area (Å²) in [5.74, 6) is -0.0402. The fraction of sp³-hybridized carbons (Fsp3) is 0.188. The molecule has 1 aromatic rings. The van der Waals surface area contributed by atoms with Gasteiger partial charge in [0.15, 0.2) is 0 Å². The fourth-order valence-electron chi connectivity index (χ4n) is 2.69. The molecule has 1 fully saturated rings. The maximum Gasteiger partial charge on any atom is 0.269 e. The molecular formula is C16H13NO3S. The van der Waals surface area contributed by atoms with Crippen molar-refractivity contribution in [2.45, 2.75) is 5.25 Å². The van der Waals surface area contributed by atoms with Crippen LogP contribution < -0.4 is 0 Å². The third-order valence-corrected chi connectivity index (χ3v) is 5.27. The van der Waals surface area contributed by atoms with Crippen LogP contribution in [0.2, 0.25) is 0 Å². The van der Waals surface area contributed by atoms with Crippen molar-refractivity contribution in [2.24, 2.45) is 11.8 Å². The summed E-state index contributed by atoms with van der Waals surface area (Å²) in [6.45, 7) is 0. The minimum atomic E-state index is -0.414. The van der Waals surface area contributed by atoms with Gasteiger partial charge in [0, 0.05) is 29.2 Å². The van der Waals surface area contributed by atoms with Crippen LogP contribution in [-0.4, -0.2) is 11.2 Å². The number of carbonyl (C=O) groups excluding carboxylic acids is 1. The first-order valence-electron chi connectivity index (χ1n) is 6.62. The van der Waals surface area contributed by atoms with E-state index in [0.717, 1.165) is 11.8 Å². The zero-order valence-corrected chi connectivity index (χ0v) is 11.9. The number of carbonyl (C=O) groups is 1. The predicted octanol–water partition coefficient (Wildman–Crippen LogP) is 3.82. The van der Waals surface area contributed by atoms with E-state index in [0.29, 0.717) is 0 Å². The largest absolute Gasteiger partial charge is 0.303 e. The van der Waals surface area contributed by atoms with Gasteiger partial charge >= 0.3 is 0 Å². The van der Waals surface area contributed by atoms with Crippen LogP contribution in [-0.2, 0) is 4.79 Å². The van der Waals surface area contributed by atoms with Crippen LogP contribution in [0.1, 0.15) is 10.8 Å². The molecule has 0 bridgehead atoms. The van der Waals surface area contributed by atoms with Crippen molar-refractivity contribution in [3.8, 4) is 0 Å². The number of hydrogen-bond donors (Lipinski definition) is 0. The van der Waals surface area contributed by atoms with E-state index in [1.165, 1.54) is 17.0 Å². The first-order valence-corrected chi connectivity index (χ1v) is 7.50. The number of nitro groups is 1. The summed E-state index contributed by atoms with van der Waals surface area (Å²) in [5.41, 5.74) is 1.02. The van der Waals surface area contributed by atoms with Crippen molar-refractivity contribution in [3.63, 3.8) is 0 Å². The molecule has 3 rings (SSSR count). The summed E-state index contributed by atoms with van der Waals surface area (Å²) < 4.78 is 0. The lowest BCUT2D eigenvalue weighted by atomic mass is 9.87. The van der Waals surface area contributed by atoms with Crippen LogP contribution >= 0.6 is 11.8 Å². The highest BCUT2D eigenvalue weighted by molar-refractivity contribution is 8.03. The second-order valence-corrected chi connectivity index (χ2v) is 6.18. The van der Waals surface area contributed by atoms with Gasteiger partial charge in [0.25, 0.3) is 5.69 Å². The molecule has 106 valence electrons. The normalized spacial score (nSPS) is 26.9. The Bertz CT molecular complexity index is 661. The summed E-state index contributed by atoms with van der Waals surface area (Å²) in [6, 6.07) is 6.49. The average molecular weight is 299 g/mol. The summed E-state index contributed by atoms with van der Waals surface area (Å²) >= 11 is 1.67. The topological polar surface area (TPSA) is 60.2 Å². The smallest absolute Gasteiger partial charge is 0.269 e. The predicted molar refractivity (Wildman–Crippen MR) is 82.8 cm³/mol. The Kier molecular flexibility index (Phi) is 3.75. The van der Waals surface area contributed by atoms with E-state index in [4.69, 9.17) is 0 Å². The summed E-state index contributed by atoms with van der Waals surface area (Å²) in [6.07, 6.45) is 11.0. The molecular weight excluding hydrogens is 286 g/mol. The quantitative estimate of drug-likeness (QED) is 0.483. The monoisotopic (exact) mass is 299 g/mol. The van der Waals surface area contributed by atoms with Gasteiger partial charge in [0.2, 0.25) is 0 Å². The molecule has 5 heteroatoms. The zero-order chi connectivity index (χ0) is 14.8. The molecule has 4 nitrogen and oxygen atoms in total. The van der Waals surface area contributed by atoms with Crippen molar-refractivity contribution in [1.29, 1.82) is 0 Å². The number of hydrogen-bond acceptors (Lipinski definition) is 4. The van der Waals surface area contributed by atoms with Crippen LogP contribution in [0.3, 0.4) is 0 Å². The SMILES string of the molecule is O=C[C@H]1[C@@H]2C=CC=CC=C2S[C@@H]1c1ccc([N+](=O)[O-])cc1. The maximum absolute atomic E-state index is 11.5. The molecule has 2 aliphatic rings. The van der Waals surface area contributed by atoms with Gasteiger partial charge in [0.05, 0.1) is 4.92 Å². The Balaban J connectivity index is 1.93. The van der Waals surface area contributed by atoms with Gasteiger partial charge in [-0.25, -0.2) is 0 Å². The van der Waals surface area contributed by atoms with Crippen LogP contribution in [0.4, 0.5) is 5.69 Å². The van der Waals surface area contributed by atoms with Crippen molar-refractivity contribution in [2.75, 3.05) is 0 Å². The molecule has 0 radical (unpaired) electrons. The van der Waals surface area contributed by atoms with Crippen LogP contribution in [0.15, 0.2) is 59.6 Å². The maximum atomic E-state index is 11.5. The molecule has 0 N–H and O–H groups in total. The highest BCUT2D eigenvalue weighted by Gasteiger charge is 2.39. The van der Waals surface area contributed by atoms with Crippen molar-refractivity contribution in [1.82, 2.24) is 0 Å². The van der Waals surface area contributed by atoms with Gasteiger partial charge in [-0.1, -0.05) is 42.5 Å². The van der Waals surface area contributed by atoms with Gasteiger partial charge in [0.1, 0.15) is 6.29 Å². The average Bonchev–Trinajstić information content (AvgIpc) is 2.68. The highest BCUT2D eigenvalue weighted by Crippen LogP contribution is 2.54. The lowest BCUT2D eigenvalue weighted by Gasteiger charge is -2.15. The number of thioether (sulfide) groups is 1. The van der Waals surface area contributed by atoms with Crippen LogP contribution in [0, 0.1) is 22.0 Å². The molecule has 0 aromatic heterocycles. The van der Waals surface area contributed by atoms with E-state index < -0.39 is 4.92 Å². The third kappa shape index (κ3) is 2.56. The van der Waals surface area contributed by atoms with Gasteiger partial charge in [-0.05, 0) is 10.5 Å². The molecule has 0 amide bonds. The Hall–Kier alpha value is -2.14. The molecule has 1 aliphatic heterocycles. The lowest BCUT2D eigenvalue weighted by Crippen LogP contribution is -2.13. The number of rotatable bonds is 3. The standard InChI is InChI=1S/C16H13NO3S/c18-10-14-13-4-2-1-3-5-15(13)21-16(14)11-6-8-12(9-7-11)17(19)20/h1-10,13-14,16H/t13-,14-,16+/m0/s1. The third-order valence-electron chi connectivity index (χ3n) is 3.75. The first-order chi connectivity index (χ1) is 10.2. The van der Waals surface area contributed by atoms with Crippen molar-refractivity contribution in [3.05, 3.63) is 75.2 Å². The molecule has 0 unspecified atom stereocenters. The number of aldehydes is 1. The summed E-state index contributed by atoms with van der Waals surface area (Å²) in [7, 11) is 0. The van der Waals surface area contributed by atoms with E-state index >= 15 is 0 Å². The molecule has 1 aliphatic carbocycles. The van der Waals surface area contributed by atoms with Gasteiger partial charge in [-0.3, -0.25) is 10.1 Å². The number of nitro benzene ring substituents is 1. The van der Waals surface area contributed by atoms with Crippen molar-refractivity contribution < 1.29 is 9.72 Å². The first kappa shape index (κ1) is 13.8. The van der Waals surface area contributed by atoms with Gasteiger partial charge in [-0.2, -0.15) is 0 Å². The van der Waals surface area contributed by atoms with E-state index in [1.807, 2.05) is 30.4 Å². The Labute approximate surface area is 126 Å². The van der Waals surface area contributed by atoms with Crippen LogP contribution in [0.5, 0.6) is 0 Å². The minimum Gasteiger partial charge on any atom is -0.303 e. The fourth-order valence-corrected chi connectivity index (χ4v) is 4.21. The molecule has 3 atom stereocenters. The number of allylic oxidation sites excluding steroid dienone is 6. The number of non-ortho nitro benzene ring substituents is 1. The Morgan fingerprint density at radius 2 is 1.90 bits per heavy atom. The van der Waals surface area contributed by atoms with Gasteiger partial charge in [-0.15, -0.1) is 11.8 Å². The second-order valence-electron chi connectivity index (χ2n) is 4.97. The summed E-state index contributed by atoms with van der Waals surface area (Å²) in [4.78, 5) is 23.0. The number of fused-ring (bicyclic) bond motifs is 1. The van der Waals surface area contributed by atoms with E-state index in [2.05, 4.69) is 0 Å². The number of nitrogens with zero attached hydrogens (tertiary/aromatic N) is 1. The number of benzene rings is 1. The second kappa shape index (κ2) is 5.69. The molecule has 0 spiro atoms. The van der Waals surface area contributed by atoms with Gasteiger partial charge < -0.3 is 4.79 Å².